The second-order valence-electron chi connectivity index (χ2n) is 5.58. The zero-order chi connectivity index (χ0) is 13.7. The van der Waals surface area contributed by atoms with Gasteiger partial charge in [0.1, 0.15) is 12.3 Å². The lowest BCUT2D eigenvalue weighted by atomic mass is 9.87. The maximum absolute atomic E-state index is 11.9. The number of ether oxygens (including phenoxy) is 1. The highest BCUT2D eigenvalue weighted by molar-refractivity contribution is 5.93. The minimum Gasteiger partial charge on any atom is -0.444 e. The van der Waals surface area contributed by atoms with E-state index < -0.39 is 6.09 Å². The summed E-state index contributed by atoms with van der Waals surface area (Å²) in [5, 5.41) is 5.60. The van der Waals surface area contributed by atoms with Gasteiger partial charge in [-0.15, -0.1) is 0 Å². The third-order valence-electron chi connectivity index (χ3n) is 4.46. The third-order valence-corrected chi connectivity index (χ3v) is 4.46. The molecule has 5 rings (SSSR count). The van der Waals surface area contributed by atoms with Crippen LogP contribution in [0.5, 0.6) is 0 Å². The SMILES string of the molecule is O=C(NC(=O)N1[C@H]2[C@H]3CN[C@@]21C3)OCc1ccccc1. The molecule has 3 heterocycles. The van der Waals surface area contributed by atoms with Crippen molar-refractivity contribution in [2.24, 2.45) is 5.92 Å². The summed E-state index contributed by atoms with van der Waals surface area (Å²) in [4.78, 5) is 25.3. The number of urea groups is 1. The van der Waals surface area contributed by atoms with Crippen molar-refractivity contribution >= 4 is 12.1 Å². The predicted octanol–water partition coefficient (Wildman–Crippen LogP) is 1.04. The van der Waals surface area contributed by atoms with E-state index in [0.29, 0.717) is 5.92 Å². The number of amides is 3. The molecule has 20 heavy (non-hydrogen) atoms. The Morgan fingerprint density at radius 3 is 2.85 bits per heavy atom. The van der Waals surface area contributed by atoms with Crippen LogP contribution in [0.4, 0.5) is 9.59 Å². The zero-order valence-electron chi connectivity index (χ0n) is 10.8. The van der Waals surface area contributed by atoms with Crippen molar-refractivity contribution in [2.45, 2.75) is 24.7 Å². The molecule has 6 heteroatoms. The van der Waals surface area contributed by atoms with Gasteiger partial charge in [-0.1, -0.05) is 30.3 Å². The highest BCUT2D eigenvalue weighted by Crippen LogP contribution is 2.62. The van der Waals surface area contributed by atoms with Gasteiger partial charge < -0.3 is 4.74 Å². The molecule has 1 spiro atoms. The van der Waals surface area contributed by atoms with Crippen molar-refractivity contribution in [3.05, 3.63) is 35.9 Å². The molecule has 3 saturated heterocycles. The van der Waals surface area contributed by atoms with Crippen LogP contribution in [-0.2, 0) is 11.3 Å². The fourth-order valence-corrected chi connectivity index (χ4v) is 3.49. The minimum atomic E-state index is -0.697. The van der Waals surface area contributed by atoms with Crippen molar-refractivity contribution < 1.29 is 14.3 Å². The number of carbonyl (C=O) groups is 2. The Hall–Kier alpha value is -2.08. The smallest absolute Gasteiger partial charge is 0.415 e. The fourth-order valence-electron chi connectivity index (χ4n) is 3.49. The molecule has 3 amide bonds. The summed E-state index contributed by atoms with van der Waals surface area (Å²) in [6, 6.07) is 9.29. The first kappa shape index (κ1) is 11.7. The monoisotopic (exact) mass is 273 g/mol. The van der Waals surface area contributed by atoms with Crippen LogP contribution in [0.25, 0.3) is 0 Å². The second-order valence-corrected chi connectivity index (χ2v) is 5.58. The summed E-state index contributed by atoms with van der Waals surface area (Å²) in [6.45, 7) is 1.14. The average molecular weight is 273 g/mol. The van der Waals surface area contributed by atoms with E-state index in [9.17, 15) is 9.59 Å². The van der Waals surface area contributed by atoms with Gasteiger partial charge in [-0.2, -0.15) is 0 Å². The lowest BCUT2D eigenvalue weighted by molar-refractivity contribution is 0.138. The summed E-state index contributed by atoms with van der Waals surface area (Å²) < 4.78 is 5.03. The van der Waals surface area contributed by atoms with E-state index in [0.717, 1.165) is 18.5 Å². The van der Waals surface area contributed by atoms with Gasteiger partial charge in [-0.25, -0.2) is 14.9 Å². The molecule has 0 unspecified atom stereocenters. The summed E-state index contributed by atoms with van der Waals surface area (Å²) in [7, 11) is 0. The van der Waals surface area contributed by atoms with E-state index in [-0.39, 0.29) is 24.3 Å². The van der Waals surface area contributed by atoms with E-state index in [4.69, 9.17) is 4.74 Å². The van der Waals surface area contributed by atoms with Crippen molar-refractivity contribution in [2.75, 3.05) is 6.54 Å². The molecular formula is C14H15N3O3. The van der Waals surface area contributed by atoms with Gasteiger partial charge in [0.05, 0.1) is 6.04 Å². The molecule has 0 radical (unpaired) electrons. The molecule has 1 aliphatic carbocycles. The van der Waals surface area contributed by atoms with Crippen molar-refractivity contribution in [3.63, 3.8) is 0 Å². The van der Waals surface area contributed by atoms with E-state index >= 15 is 0 Å². The van der Waals surface area contributed by atoms with Crippen LogP contribution in [0.1, 0.15) is 12.0 Å². The van der Waals surface area contributed by atoms with Gasteiger partial charge in [-0.05, 0) is 17.9 Å². The maximum atomic E-state index is 11.9. The minimum absolute atomic E-state index is 0.144. The number of benzene rings is 1. The van der Waals surface area contributed by atoms with Crippen molar-refractivity contribution in [1.29, 1.82) is 0 Å². The number of fused-ring (bicyclic) bond motifs is 1. The van der Waals surface area contributed by atoms with Crippen molar-refractivity contribution in [1.82, 2.24) is 15.5 Å². The largest absolute Gasteiger partial charge is 0.444 e. The molecule has 1 saturated carbocycles. The molecule has 4 fully saturated rings. The van der Waals surface area contributed by atoms with Gasteiger partial charge in [0.15, 0.2) is 0 Å². The molecule has 2 bridgehead atoms. The number of nitrogens with one attached hydrogen (secondary N) is 2. The molecule has 0 aromatic heterocycles. The molecule has 6 nitrogen and oxygen atoms in total. The number of hydrogen-bond donors (Lipinski definition) is 2. The Balaban J connectivity index is 1.28. The lowest BCUT2D eigenvalue weighted by Crippen LogP contribution is -2.40. The highest BCUT2D eigenvalue weighted by atomic mass is 16.5. The van der Waals surface area contributed by atoms with E-state index in [1.54, 1.807) is 4.90 Å². The number of alkyl carbamates (subject to hydrolysis) is 1. The average Bonchev–Trinajstić information content (AvgIpc) is 2.79. The van der Waals surface area contributed by atoms with Crippen LogP contribution in [0.2, 0.25) is 0 Å². The summed E-state index contributed by atoms with van der Waals surface area (Å²) in [6.07, 6.45) is 0.307. The highest BCUT2D eigenvalue weighted by Gasteiger charge is 2.80. The van der Waals surface area contributed by atoms with Crippen LogP contribution in [0.3, 0.4) is 0 Å². The van der Waals surface area contributed by atoms with E-state index in [1.807, 2.05) is 30.3 Å². The van der Waals surface area contributed by atoms with E-state index in [2.05, 4.69) is 10.6 Å². The summed E-state index contributed by atoms with van der Waals surface area (Å²) in [5.41, 5.74) is 0.746. The molecule has 4 aliphatic rings. The lowest BCUT2D eigenvalue weighted by Gasteiger charge is -2.14. The first-order valence-corrected chi connectivity index (χ1v) is 6.77. The quantitative estimate of drug-likeness (QED) is 0.790. The van der Waals surface area contributed by atoms with Crippen LogP contribution in [-0.4, -0.2) is 35.3 Å². The van der Waals surface area contributed by atoms with Gasteiger partial charge in [0, 0.05) is 6.54 Å². The molecular weight excluding hydrogens is 258 g/mol. The molecule has 2 N–H and O–H groups in total. The third kappa shape index (κ3) is 1.54. The number of likely N-dealkylation sites (tertiary alicyclic amines) is 1. The number of imide groups is 1. The second kappa shape index (κ2) is 3.96. The number of rotatable bonds is 2. The fraction of sp³-hybridized carbons (Fsp3) is 0.429. The Bertz CT molecular complexity index is 572. The number of carbonyl (C=O) groups excluding carboxylic acids is 2. The molecule has 3 aliphatic heterocycles. The normalized spacial score (nSPS) is 32.1. The predicted molar refractivity (Wildman–Crippen MR) is 69.6 cm³/mol. The van der Waals surface area contributed by atoms with Gasteiger partial charge in [-0.3, -0.25) is 10.2 Å². The standard InChI is InChI=1S/C14H15N3O3/c18-12(17-11-10-6-14(11,17)15-7-10)16-13(19)20-8-9-4-2-1-3-5-9/h1-5,10-11,15H,6-8H2,(H,16,18,19)/t10-,11+,14-,17?/m1/s1. The topological polar surface area (TPSA) is 70.4 Å². The summed E-state index contributed by atoms with van der Waals surface area (Å²) >= 11 is 0. The molecule has 1 aromatic carbocycles. The first-order valence-electron chi connectivity index (χ1n) is 6.77. The maximum Gasteiger partial charge on any atom is 0.415 e. The van der Waals surface area contributed by atoms with E-state index in [1.165, 1.54) is 0 Å². The molecule has 104 valence electrons. The zero-order valence-corrected chi connectivity index (χ0v) is 10.8. The Morgan fingerprint density at radius 2 is 2.20 bits per heavy atom. The molecule has 3 atom stereocenters. The Morgan fingerprint density at radius 1 is 1.40 bits per heavy atom. The van der Waals surface area contributed by atoms with Gasteiger partial charge >= 0.3 is 12.1 Å². The van der Waals surface area contributed by atoms with Crippen LogP contribution in [0, 0.1) is 5.92 Å². The number of hydrogen-bond acceptors (Lipinski definition) is 4. The Kier molecular flexibility index (Phi) is 2.32. The molecule has 1 aromatic rings. The Labute approximate surface area is 116 Å². The number of nitrogens with zero attached hydrogens (tertiary/aromatic N) is 1. The first-order chi connectivity index (χ1) is 9.71. The summed E-state index contributed by atoms with van der Waals surface area (Å²) in [5.74, 6) is 0.557. The van der Waals surface area contributed by atoms with Crippen LogP contribution < -0.4 is 10.6 Å². The van der Waals surface area contributed by atoms with Gasteiger partial charge in [0.25, 0.3) is 0 Å². The van der Waals surface area contributed by atoms with Gasteiger partial charge in [0.2, 0.25) is 0 Å². The van der Waals surface area contributed by atoms with Crippen molar-refractivity contribution in [3.8, 4) is 0 Å². The van der Waals surface area contributed by atoms with Crippen LogP contribution in [0.15, 0.2) is 30.3 Å². The van der Waals surface area contributed by atoms with Crippen LogP contribution >= 0.6 is 0 Å².